The number of hydrogen-bond acceptors (Lipinski definition) is 3. The minimum atomic E-state index is -0.462. The molecule has 0 bridgehead atoms. The maximum Gasteiger partial charge on any atom is 0.0945 e. The van der Waals surface area contributed by atoms with Crippen molar-refractivity contribution in [2.45, 2.75) is 25.9 Å². The molecular weight excluding hydrogens is 294 g/mol. The van der Waals surface area contributed by atoms with E-state index < -0.39 is 6.10 Å². The van der Waals surface area contributed by atoms with Crippen LogP contribution < -0.4 is 5.32 Å². The van der Waals surface area contributed by atoms with E-state index in [0.29, 0.717) is 13.2 Å². The van der Waals surface area contributed by atoms with Crippen molar-refractivity contribution in [3.05, 3.63) is 28.2 Å². The number of halogens is 1. The van der Waals surface area contributed by atoms with Gasteiger partial charge in [0.2, 0.25) is 0 Å². The summed E-state index contributed by atoms with van der Waals surface area (Å²) in [4.78, 5) is 0. The second-order valence-corrected chi connectivity index (χ2v) is 5.85. The fraction of sp³-hybridized carbons (Fsp3) is 0.571. The first-order valence-electron chi connectivity index (χ1n) is 6.41. The van der Waals surface area contributed by atoms with Crippen LogP contribution in [0.4, 0.5) is 5.69 Å². The van der Waals surface area contributed by atoms with Crippen LogP contribution in [0.5, 0.6) is 0 Å². The molecule has 0 spiro atoms. The number of rotatable bonds is 7. The third-order valence-electron chi connectivity index (χ3n) is 3.01. The lowest BCUT2D eigenvalue weighted by molar-refractivity contribution is 0.0386. The van der Waals surface area contributed by atoms with Gasteiger partial charge in [0.1, 0.15) is 0 Å². The Morgan fingerprint density at radius 3 is 3.00 bits per heavy atom. The molecule has 2 rings (SSSR count). The summed E-state index contributed by atoms with van der Waals surface area (Å²) < 4.78 is 6.47. The highest BCUT2D eigenvalue weighted by atomic mass is 79.9. The standard InChI is InChI=1S/C14H20BrNO2/c1-10-2-5-13(15)14(6-10)16-7-12(17)9-18-8-11-3-4-11/h2,5-6,11-12,16-17H,3-4,7-9H2,1H3. The van der Waals surface area contributed by atoms with Gasteiger partial charge in [0, 0.05) is 23.3 Å². The fourth-order valence-electron chi connectivity index (χ4n) is 1.72. The van der Waals surface area contributed by atoms with Gasteiger partial charge in [-0.05, 0) is 59.3 Å². The van der Waals surface area contributed by atoms with Gasteiger partial charge < -0.3 is 15.2 Å². The SMILES string of the molecule is Cc1ccc(Br)c(NCC(O)COCC2CC2)c1. The Kier molecular flexibility index (Phi) is 5.03. The zero-order valence-corrected chi connectivity index (χ0v) is 12.2. The quantitative estimate of drug-likeness (QED) is 0.813. The van der Waals surface area contributed by atoms with Crippen LogP contribution in [0.3, 0.4) is 0 Å². The van der Waals surface area contributed by atoms with Crippen LogP contribution in [0.1, 0.15) is 18.4 Å². The molecule has 2 N–H and O–H groups in total. The largest absolute Gasteiger partial charge is 0.389 e. The minimum Gasteiger partial charge on any atom is -0.389 e. The van der Waals surface area contributed by atoms with E-state index in [0.717, 1.165) is 22.7 Å². The van der Waals surface area contributed by atoms with E-state index in [9.17, 15) is 5.11 Å². The Bertz CT molecular complexity index is 393. The Labute approximate surface area is 117 Å². The van der Waals surface area contributed by atoms with E-state index in [1.165, 1.54) is 18.4 Å². The predicted octanol–water partition coefficient (Wildman–Crippen LogP) is 2.96. The second-order valence-electron chi connectivity index (χ2n) is 5.00. The van der Waals surface area contributed by atoms with Gasteiger partial charge in [0.15, 0.2) is 0 Å². The summed E-state index contributed by atoms with van der Waals surface area (Å²) in [6.07, 6.45) is 2.10. The lowest BCUT2D eigenvalue weighted by Crippen LogP contribution is -2.25. The van der Waals surface area contributed by atoms with Crippen LogP contribution in [-0.2, 0) is 4.74 Å². The maximum absolute atomic E-state index is 9.80. The third-order valence-corrected chi connectivity index (χ3v) is 3.70. The van der Waals surface area contributed by atoms with E-state index in [-0.39, 0.29) is 0 Å². The van der Waals surface area contributed by atoms with Crippen LogP contribution in [0, 0.1) is 12.8 Å². The average molecular weight is 314 g/mol. The Morgan fingerprint density at radius 1 is 1.50 bits per heavy atom. The van der Waals surface area contributed by atoms with Crippen molar-refractivity contribution in [3.63, 3.8) is 0 Å². The molecular formula is C14H20BrNO2. The number of hydrogen-bond donors (Lipinski definition) is 2. The number of benzene rings is 1. The van der Waals surface area contributed by atoms with Crippen LogP contribution >= 0.6 is 15.9 Å². The molecule has 100 valence electrons. The van der Waals surface area contributed by atoms with Gasteiger partial charge in [-0.3, -0.25) is 0 Å². The molecule has 1 unspecified atom stereocenters. The molecule has 1 aliphatic carbocycles. The summed E-state index contributed by atoms with van der Waals surface area (Å²) in [5, 5.41) is 13.0. The minimum absolute atomic E-state index is 0.410. The monoisotopic (exact) mass is 313 g/mol. The first-order valence-corrected chi connectivity index (χ1v) is 7.20. The molecule has 1 saturated carbocycles. The number of aryl methyl sites for hydroxylation is 1. The number of ether oxygens (including phenoxy) is 1. The molecule has 0 radical (unpaired) electrons. The molecule has 0 aromatic heterocycles. The topological polar surface area (TPSA) is 41.5 Å². The molecule has 4 heteroatoms. The average Bonchev–Trinajstić information content (AvgIpc) is 3.14. The maximum atomic E-state index is 9.80. The van der Waals surface area contributed by atoms with Crippen molar-refractivity contribution in [3.8, 4) is 0 Å². The first-order chi connectivity index (χ1) is 8.65. The molecule has 1 aliphatic rings. The van der Waals surface area contributed by atoms with Crippen molar-refractivity contribution >= 4 is 21.6 Å². The molecule has 1 atom stereocenters. The molecule has 0 saturated heterocycles. The highest BCUT2D eigenvalue weighted by Crippen LogP contribution is 2.28. The van der Waals surface area contributed by atoms with Gasteiger partial charge in [-0.25, -0.2) is 0 Å². The van der Waals surface area contributed by atoms with Crippen LogP contribution in [-0.4, -0.2) is 31.0 Å². The van der Waals surface area contributed by atoms with E-state index >= 15 is 0 Å². The Morgan fingerprint density at radius 2 is 2.28 bits per heavy atom. The molecule has 0 heterocycles. The molecule has 1 fully saturated rings. The number of aliphatic hydroxyl groups excluding tert-OH is 1. The molecule has 1 aromatic carbocycles. The van der Waals surface area contributed by atoms with Crippen molar-refractivity contribution in [1.29, 1.82) is 0 Å². The second kappa shape index (κ2) is 6.55. The molecule has 1 aromatic rings. The van der Waals surface area contributed by atoms with Gasteiger partial charge >= 0.3 is 0 Å². The number of nitrogens with one attached hydrogen (secondary N) is 1. The summed E-state index contributed by atoms with van der Waals surface area (Å²) in [5.74, 6) is 0.746. The van der Waals surface area contributed by atoms with Gasteiger partial charge in [0.05, 0.1) is 12.7 Å². The zero-order valence-electron chi connectivity index (χ0n) is 10.7. The highest BCUT2D eigenvalue weighted by Gasteiger charge is 2.21. The Balaban J connectivity index is 1.70. The summed E-state index contributed by atoms with van der Waals surface area (Å²) in [6, 6.07) is 6.11. The van der Waals surface area contributed by atoms with Gasteiger partial charge in [-0.1, -0.05) is 6.07 Å². The van der Waals surface area contributed by atoms with E-state index in [2.05, 4.69) is 27.3 Å². The van der Waals surface area contributed by atoms with Crippen molar-refractivity contribution in [2.75, 3.05) is 25.1 Å². The van der Waals surface area contributed by atoms with Gasteiger partial charge in [0.25, 0.3) is 0 Å². The predicted molar refractivity (Wildman–Crippen MR) is 76.9 cm³/mol. The summed E-state index contributed by atoms with van der Waals surface area (Å²) in [6.45, 7) is 3.76. The van der Waals surface area contributed by atoms with Gasteiger partial charge in [-0.2, -0.15) is 0 Å². The highest BCUT2D eigenvalue weighted by molar-refractivity contribution is 9.10. The van der Waals surface area contributed by atoms with Crippen molar-refractivity contribution in [2.24, 2.45) is 5.92 Å². The molecule has 18 heavy (non-hydrogen) atoms. The summed E-state index contributed by atoms with van der Waals surface area (Å²) in [7, 11) is 0. The molecule has 0 amide bonds. The van der Waals surface area contributed by atoms with Crippen molar-refractivity contribution in [1.82, 2.24) is 0 Å². The van der Waals surface area contributed by atoms with E-state index in [4.69, 9.17) is 4.74 Å². The Hall–Kier alpha value is -0.580. The first kappa shape index (κ1) is 13.8. The van der Waals surface area contributed by atoms with E-state index in [1.807, 2.05) is 19.1 Å². The molecule has 3 nitrogen and oxygen atoms in total. The summed E-state index contributed by atoms with van der Waals surface area (Å²) >= 11 is 3.49. The molecule has 0 aliphatic heterocycles. The van der Waals surface area contributed by atoms with Crippen LogP contribution in [0.25, 0.3) is 0 Å². The number of anilines is 1. The van der Waals surface area contributed by atoms with Gasteiger partial charge in [-0.15, -0.1) is 0 Å². The lowest BCUT2D eigenvalue weighted by atomic mass is 10.2. The number of aliphatic hydroxyl groups is 1. The van der Waals surface area contributed by atoms with Crippen LogP contribution in [0.2, 0.25) is 0 Å². The van der Waals surface area contributed by atoms with Crippen molar-refractivity contribution < 1.29 is 9.84 Å². The smallest absolute Gasteiger partial charge is 0.0945 e. The van der Waals surface area contributed by atoms with E-state index in [1.54, 1.807) is 0 Å². The third kappa shape index (κ3) is 4.59. The fourth-order valence-corrected chi connectivity index (χ4v) is 2.10. The summed E-state index contributed by atoms with van der Waals surface area (Å²) in [5.41, 5.74) is 2.21. The lowest BCUT2D eigenvalue weighted by Gasteiger charge is -2.14. The zero-order chi connectivity index (χ0) is 13.0. The normalized spacial score (nSPS) is 16.6. The van der Waals surface area contributed by atoms with Crippen LogP contribution in [0.15, 0.2) is 22.7 Å².